The van der Waals surface area contributed by atoms with Gasteiger partial charge >= 0.3 is 0 Å². The number of nitrogens with two attached hydrogens (primary N) is 1. The van der Waals surface area contributed by atoms with Crippen molar-refractivity contribution < 1.29 is 9.90 Å². The molecule has 94 valence electrons. The van der Waals surface area contributed by atoms with Crippen molar-refractivity contribution in [3.8, 4) is 0 Å². The van der Waals surface area contributed by atoms with Crippen LogP contribution in [0.5, 0.6) is 0 Å². The molecule has 1 amide bonds. The number of nitrogens with one attached hydrogen (secondary N) is 1. The van der Waals surface area contributed by atoms with Crippen LogP contribution in [0.4, 0.5) is 0 Å². The average molecular weight is 228 g/mol. The van der Waals surface area contributed by atoms with E-state index in [1.165, 1.54) is 0 Å². The fraction of sp³-hybridized carbons (Fsp3) is 0.917. The van der Waals surface area contributed by atoms with Crippen molar-refractivity contribution in [3.63, 3.8) is 0 Å². The van der Waals surface area contributed by atoms with E-state index in [1.54, 1.807) is 0 Å². The van der Waals surface area contributed by atoms with E-state index in [-0.39, 0.29) is 17.9 Å². The largest absolute Gasteiger partial charge is 0.396 e. The van der Waals surface area contributed by atoms with Gasteiger partial charge in [0.25, 0.3) is 0 Å². The molecule has 0 unspecified atom stereocenters. The first-order chi connectivity index (χ1) is 7.37. The Morgan fingerprint density at radius 1 is 1.44 bits per heavy atom. The Hall–Kier alpha value is -0.610. The van der Waals surface area contributed by atoms with Gasteiger partial charge in [0.2, 0.25) is 5.91 Å². The van der Waals surface area contributed by atoms with Gasteiger partial charge in [-0.2, -0.15) is 0 Å². The van der Waals surface area contributed by atoms with E-state index in [0.29, 0.717) is 13.0 Å². The molecule has 1 saturated carbocycles. The van der Waals surface area contributed by atoms with E-state index >= 15 is 0 Å². The maximum atomic E-state index is 11.6. The van der Waals surface area contributed by atoms with E-state index in [9.17, 15) is 9.90 Å². The minimum absolute atomic E-state index is 0.0211. The van der Waals surface area contributed by atoms with Crippen molar-refractivity contribution in [1.82, 2.24) is 5.32 Å². The SMILES string of the molecule is CC(C)(N)CC(=O)NCC1(CO)CCCC1. The van der Waals surface area contributed by atoms with Gasteiger partial charge < -0.3 is 16.2 Å². The molecular formula is C12H24N2O2. The Labute approximate surface area is 97.6 Å². The molecule has 0 aliphatic heterocycles. The standard InChI is InChI=1S/C12H24N2O2/c1-11(2,13)7-10(16)14-8-12(9-15)5-3-4-6-12/h15H,3-9,13H2,1-2H3,(H,14,16). The average Bonchev–Trinajstić information content (AvgIpc) is 2.61. The second kappa shape index (κ2) is 5.15. The summed E-state index contributed by atoms with van der Waals surface area (Å²) in [6.45, 7) is 4.42. The first-order valence-corrected chi connectivity index (χ1v) is 6.03. The maximum absolute atomic E-state index is 11.6. The fourth-order valence-electron chi connectivity index (χ4n) is 2.28. The molecule has 1 aliphatic rings. The minimum Gasteiger partial charge on any atom is -0.396 e. The third kappa shape index (κ3) is 4.10. The zero-order valence-electron chi connectivity index (χ0n) is 10.4. The Balaban J connectivity index is 2.35. The first-order valence-electron chi connectivity index (χ1n) is 6.03. The zero-order chi connectivity index (χ0) is 12.2. The van der Waals surface area contributed by atoms with Crippen LogP contribution in [0.25, 0.3) is 0 Å². The highest BCUT2D eigenvalue weighted by Crippen LogP contribution is 2.36. The monoisotopic (exact) mass is 228 g/mol. The summed E-state index contributed by atoms with van der Waals surface area (Å²) in [5.74, 6) is -0.0211. The van der Waals surface area contributed by atoms with Crippen LogP contribution in [-0.2, 0) is 4.79 Å². The summed E-state index contributed by atoms with van der Waals surface area (Å²) in [5, 5.41) is 12.3. The number of carbonyl (C=O) groups excluding carboxylic acids is 1. The Morgan fingerprint density at radius 3 is 2.44 bits per heavy atom. The van der Waals surface area contributed by atoms with Crippen molar-refractivity contribution in [2.75, 3.05) is 13.2 Å². The van der Waals surface area contributed by atoms with E-state index < -0.39 is 5.54 Å². The highest BCUT2D eigenvalue weighted by Gasteiger charge is 2.33. The van der Waals surface area contributed by atoms with E-state index in [0.717, 1.165) is 25.7 Å². The Kier molecular flexibility index (Phi) is 4.33. The fourth-order valence-corrected chi connectivity index (χ4v) is 2.28. The van der Waals surface area contributed by atoms with Crippen molar-refractivity contribution in [3.05, 3.63) is 0 Å². The summed E-state index contributed by atoms with van der Waals surface area (Å²) in [4.78, 5) is 11.6. The third-order valence-corrected chi connectivity index (χ3v) is 3.28. The van der Waals surface area contributed by atoms with Gasteiger partial charge in [0, 0.05) is 23.9 Å². The summed E-state index contributed by atoms with van der Waals surface area (Å²) in [5.41, 5.74) is 5.23. The lowest BCUT2D eigenvalue weighted by molar-refractivity contribution is -0.122. The lowest BCUT2D eigenvalue weighted by Gasteiger charge is -2.27. The molecule has 1 aliphatic carbocycles. The normalized spacial score (nSPS) is 19.8. The molecule has 0 radical (unpaired) electrons. The molecule has 0 heterocycles. The summed E-state index contributed by atoms with van der Waals surface area (Å²) >= 11 is 0. The van der Waals surface area contributed by atoms with E-state index in [1.807, 2.05) is 13.8 Å². The molecular weight excluding hydrogens is 204 g/mol. The van der Waals surface area contributed by atoms with Gasteiger partial charge in [0.05, 0.1) is 6.61 Å². The van der Waals surface area contributed by atoms with Crippen molar-refractivity contribution in [2.24, 2.45) is 11.1 Å². The number of amides is 1. The molecule has 0 aromatic heterocycles. The van der Waals surface area contributed by atoms with Crippen LogP contribution in [-0.4, -0.2) is 29.7 Å². The van der Waals surface area contributed by atoms with Crippen molar-refractivity contribution >= 4 is 5.91 Å². The van der Waals surface area contributed by atoms with Gasteiger partial charge in [0.15, 0.2) is 0 Å². The molecule has 16 heavy (non-hydrogen) atoms. The number of carbonyl (C=O) groups is 1. The third-order valence-electron chi connectivity index (χ3n) is 3.28. The first kappa shape index (κ1) is 13.5. The smallest absolute Gasteiger partial charge is 0.221 e. The molecule has 0 bridgehead atoms. The lowest BCUT2D eigenvalue weighted by Crippen LogP contribution is -2.43. The topological polar surface area (TPSA) is 75.4 Å². The number of hydrogen-bond donors (Lipinski definition) is 3. The van der Waals surface area contributed by atoms with Gasteiger partial charge in [-0.1, -0.05) is 12.8 Å². The predicted octanol–water partition coefficient (Wildman–Crippen LogP) is 0.783. The van der Waals surface area contributed by atoms with Crippen LogP contribution >= 0.6 is 0 Å². The molecule has 0 aromatic carbocycles. The van der Waals surface area contributed by atoms with Crippen LogP contribution < -0.4 is 11.1 Å². The Bertz CT molecular complexity index is 240. The number of hydrogen-bond acceptors (Lipinski definition) is 3. The van der Waals surface area contributed by atoms with Crippen LogP contribution in [0.2, 0.25) is 0 Å². The van der Waals surface area contributed by atoms with Gasteiger partial charge in [-0.3, -0.25) is 4.79 Å². The zero-order valence-corrected chi connectivity index (χ0v) is 10.4. The van der Waals surface area contributed by atoms with E-state index in [2.05, 4.69) is 5.32 Å². The number of aliphatic hydroxyl groups is 1. The van der Waals surface area contributed by atoms with Crippen LogP contribution in [0.1, 0.15) is 46.0 Å². The second-order valence-corrected chi connectivity index (χ2v) is 5.81. The predicted molar refractivity (Wildman–Crippen MR) is 63.9 cm³/mol. The number of rotatable bonds is 5. The molecule has 1 fully saturated rings. The summed E-state index contributed by atoms with van der Waals surface area (Å²) in [7, 11) is 0. The Morgan fingerprint density at radius 2 is 2.00 bits per heavy atom. The second-order valence-electron chi connectivity index (χ2n) is 5.81. The van der Waals surface area contributed by atoms with Crippen LogP contribution in [0, 0.1) is 5.41 Å². The molecule has 1 rings (SSSR count). The van der Waals surface area contributed by atoms with Crippen molar-refractivity contribution in [2.45, 2.75) is 51.5 Å². The summed E-state index contributed by atoms with van der Waals surface area (Å²) in [6, 6.07) is 0. The quantitative estimate of drug-likeness (QED) is 0.651. The van der Waals surface area contributed by atoms with E-state index in [4.69, 9.17) is 5.73 Å². The molecule has 4 N–H and O–H groups in total. The molecule has 0 atom stereocenters. The van der Waals surface area contributed by atoms with Crippen LogP contribution in [0.3, 0.4) is 0 Å². The molecule has 0 saturated heterocycles. The lowest BCUT2D eigenvalue weighted by atomic mass is 9.87. The summed E-state index contributed by atoms with van der Waals surface area (Å²) in [6.07, 6.45) is 4.65. The molecule has 4 nitrogen and oxygen atoms in total. The highest BCUT2D eigenvalue weighted by atomic mass is 16.3. The molecule has 0 aromatic rings. The van der Waals surface area contributed by atoms with Gasteiger partial charge in [0.1, 0.15) is 0 Å². The minimum atomic E-state index is -0.466. The van der Waals surface area contributed by atoms with Gasteiger partial charge in [-0.15, -0.1) is 0 Å². The van der Waals surface area contributed by atoms with Crippen molar-refractivity contribution in [1.29, 1.82) is 0 Å². The summed E-state index contributed by atoms with van der Waals surface area (Å²) < 4.78 is 0. The molecule has 0 spiro atoms. The molecule has 4 heteroatoms. The highest BCUT2D eigenvalue weighted by molar-refractivity contribution is 5.77. The van der Waals surface area contributed by atoms with Gasteiger partial charge in [-0.25, -0.2) is 0 Å². The van der Waals surface area contributed by atoms with Gasteiger partial charge in [-0.05, 0) is 26.7 Å². The maximum Gasteiger partial charge on any atom is 0.221 e. The number of aliphatic hydroxyl groups excluding tert-OH is 1. The van der Waals surface area contributed by atoms with Crippen LogP contribution in [0.15, 0.2) is 0 Å².